The maximum Gasteiger partial charge on any atom is 0.184 e. The Hall–Kier alpha value is -0.860. The third-order valence-corrected chi connectivity index (χ3v) is 2.08. The first kappa shape index (κ1) is 8.73. The van der Waals surface area contributed by atoms with Gasteiger partial charge in [0.1, 0.15) is 0 Å². The van der Waals surface area contributed by atoms with Crippen molar-refractivity contribution in [1.29, 1.82) is 0 Å². The summed E-state index contributed by atoms with van der Waals surface area (Å²) in [5.41, 5.74) is 0.939. The highest BCUT2D eigenvalue weighted by Gasteiger charge is 2.33. The molecule has 1 fully saturated rings. The lowest BCUT2D eigenvalue weighted by molar-refractivity contribution is -0.0811. The summed E-state index contributed by atoms with van der Waals surface area (Å²) in [5, 5.41) is 0. The minimum absolute atomic E-state index is 0.152. The summed E-state index contributed by atoms with van der Waals surface area (Å²) in [4.78, 5) is 0. The maximum absolute atomic E-state index is 5.71. The molecule has 0 unspecified atom stereocenters. The van der Waals surface area contributed by atoms with Crippen LogP contribution < -0.4 is 0 Å². The Bertz CT molecular complexity index is 279. The van der Waals surface area contributed by atoms with Gasteiger partial charge in [0.2, 0.25) is 0 Å². The van der Waals surface area contributed by atoms with Crippen molar-refractivity contribution in [3.05, 3.63) is 35.9 Å². The normalized spacial score (nSPS) is 26.2. The summed E-state index contributed by atoms with van der Waals surface area (Å²) < 4.78 is 11.2. The van der Waals surface area contributed by atoms with E-state index in [1.807, 2.05) is 44.2 Å². The quantitative estimate of drug-likeness (QED) is 0.657. The molecule has 1 aromatic carbocycles. The minimum atomic E-state index is -0.184. The van der Waals surface area contributed by atoms with Crippen molar-refractivity contribution in [1.82, 2.24) is 0 Å². The molecule has 2 nitrogen and oxygen atoms in total. The lowest BCUT2D eigenvalue weighted by atomic mass is 10.2. The lowest BCUT2D eigenvalue weighted by Gasteiger charge is -2.15. The number of hydrogen-bond acceptors (Lipinski definition) is 2. The molecule has 0 N–H and O–H groups in total. The Balaban J connectivity index is 2.13. The van der Waals surface area contributed by atoms with Crippen LogP contribution in [0.3, 0.4) is 0 Å². The predicted octanol–water partition coefficient (Wildman–Crippen LogP) is 2.51. The summed E-state index contributed by atoms with van der Waals surface area (Å²) >= 11 is 0. The molecule has 1 aromatic rings. The van der Waals surface area contributed by atoms with E-state index in [0.29, 0.717) is 6.61 Å². The maximum atomic E-state index is 5.71. The van der Waals surface area contributed by atoms with Gasteiger partial charge in [-0.15, -0.1) is 0 Å². The van der Waals surface area contributed by atoms with Crippen LogP contribution in [0.15, 0.2) is 30.3 Å². The Morgan fingerprint density at radius 1 is 1.23 bits per heavy atom. The lowest BCUT2D eigenvalue weighted by Crippen LogP contribution is -2.21. The Morgan fingerprint density at radius 2 is 1.92 bits per heavy atom. The Morgan fingerprint density at radius 3 is 2.46 bits per heavy atom. The molecule has 1 atom stereocenters. The number of ether oxygens (including phenoxy) is 2. The molecule has 0 bridgehead atoms. The van der Waals surface area contributed by atoms with E-state index in [-0.39, 0.29) is 11.9 Å². The van der Waals surface area contributed by atoms with Gasteiger partial charge in [-0.1, -0.05) is 30.3 Å². The highest BCUT2D eigenvalue weighted by Crippen LogP contribution is 2.32. The van der Waals surface area contributed by atoms with Crippen molar-refractivity contribution >= 4 is 0 Å². The van der Waals surface area contributed by atoms with Crippen LogP contribution in [-0.4, -0.2) is 12.2 Å². The molecule has 0 saturated carbocycles. The van der Waals surface area contributed by atoms with Crippen molar-refractivity contribution in [2.45, 2.75) is 25.7 Å². The second-order valence-electron chi connectivity index (χ2n) is 3.93. The molecule has 0 amide bonds. The summed E-state index contributed by atoms with van der Waals surface area (Å²) in [6.45, 7) is 4.73. The molecule has 2 rings (SSSR count). The first-order chi connectivity index (χ1) is 6.17. The molecule has 1 aliphatic rings. The molecule has 0 aromatic heterocycles. The van der Waals surface area contributed by atoms with Crippen molar-refractivity contribution in [3.8, 4) is 0 Å². The van der Waals surface area contributed by atoms with Gasteiger partial charge in [-0.05, 0) is 13.8 Å². The Labute approximate surface area is 78.5 Å². The van der Waals surface area contributed by atoms with Crippen molar-refractivity contribution < 1.29 is 9.47 Å². The molecule has 1 aliphatic heterocycles. The SMILES string of the molecule is CC1(C)CO[C@H](c2ccccc2)O1. The minimum Gasteiger partial charge on any atom is -0.345 e. The number of rotatable bonds is 1. The third kappa shape index (κ3) is 1.90. The molecule has 2 heteroatoms. The fourth-order valence-corrected chi connectivity index (χ4v) is 1.41. The van der Waals surface area contributed by atoms with E-state index in [4.69, 9.17) is 9.47 Å². The van der Waals surface area contributed by atoms with Gasteiger partial charge in [0.25, 0.3) is 0 Å². The second-order valence-corrected chi connectivity index (χ2v) is 3.93. The van der Waals surface area contributed by atoms with Crippen molar-refractivity contribution in [3.63, 3.8) is 0 Å². The molecule has 0 radical (unpaired) electrons. The third-order valence-electron chi connectivity index (χ3n) is 2.08. The van der Waals surface area contributed by atoms with Gasteiger partial charge in [0.05, 0.1) is 12.2 Å². The van der Waals surface area contributed by atoms with Gasteiger partial charge in [0, 0.05) is 5.56 Å². The van der Waals surface area contributed by atoms with E-state index >= 15 is 0 Å². The summed E-state index contributed by atoms with van der Waals surface area (Å²) in [5.74, 6) is 0. The van der Waals surface area contributed by atoms with Crippen LogP contribution in [0.1, 0.15) is 25.7 Å². The molecule has 70 valence electrons. The van der Waals surface area contributed by atoms with Crippen LogP contribution >= 0.6 is 0 Å². The van der Waals surface area contributed by atoms with Crippen molar-refractivity contribution in [2.24, 2.45) is 0 Å². The van der Waals surface area contributed by atoms with Gasteiger partial charge in [-0.25, -0.2) is 0 Å². The Kier molecular flexibility index (Phi) is 2.10. The summed E-state index contributed by atoms with van der Waals surface area (Å²) in [6.07, 6.45) is -0.184. The zero-order valence-corrected chi connectivity index (χ0v) is 7.99. The van der Waals surface area contributed by atoms with Gasteiger partial charge < -0.3 is 9.47 Å². The number of benzene rings is 1. The van der Waals surface area contributed by atoms with Crippen molar-refractivity contribution in [2.75, 3.05) is 6.61 Å². The first-order valence-corrected chi connectivity index (χ1v) is 4.52. The molecule has 13 heavy (non-hydrogen) atoms. The van der Waals surface area contributed by atoms with E-state index in [1.54, 1.807) is 0 Å². The number of hydrogen-bond donors (Lipinski definition) is 0. The van der Waals surface area contributed by atoms with Crippen LogP contribution in [0.2, 0.25) is 0 Å². The fraction of sp³-hybridized carbons (Fsp3) is 0.455. The van der Waals surface area contributed by atoms with E-state index in [2.05, 4.69) is 0 Å². The van der Waals surface area contributed by atoms with E-state index in [9.17, 15) is 0 Å². The van der Waals surface area contributed by atoms with E-state index in [0.717, 1.165) is 5.56 Å². The monoisotopic (exact) mass is 178 g/mol. The van der Waals surface area contributed by atoms with Crippen LogP contribution in [0.25, 0.3) is 0 Å². The molecule has 1 heterocycles. The molecular weight excluding hydrogens is 164 g/mol. The van der Waals surface area contributed by atoms with Gasteiger partial charge >= 0.3 is 0 Å². The van der Waals surface area contributed by atoms with Crippen LogP contribution in [0, 0.1) is 0 Å². The smallest absolute Gasteiger partial charge is 0.184 e. The van der Waals surface area contributed by atoms with Crippen LogP contribution in [-0.2, 0) is 9.47 Å². The average molecular weight is 178 g/mol. The first-order valence-electron chi connectivity index (χ1n) is 4.52. The van der Waals surface area contributed by atoms with Gasteiger partial charge in [0.15, 0.2) is 6.29 Å². The average Bonchev–Trinajstić information content (AvgIpc) is 2.48. The van der Waals surface area contributed by atoms with E-state index in [1.165, 1.54) is 0 Å². The largest absolute Gasteiger partial charge is 0.345 e. The van der Waals surface area contributed by atoms with Crippen LogP contribution in [0.4, 0.5) is 0 Å². The topological polar surface area (TPSA) is 18.5 Å². The zero-order chi connectivity index (χ0) is 9.31. The van der Waals surface area contributed by atoms with Crippen LogP contribution in [0.5, 0.6) is 0 Å². The molecular formula is C11H14O2. The summed E-state index contributed by atoms with van der Waals surface area (Å²) in [7, 11) is 0. The van der Waals surface area contributed by atoms with E-state index < -0.39 is 0 Å². The molecule has 0 aliphatic carbocycles. The van der Waals surface area contributed by atoms with Gasteiger partial charge in [-0.2, -0.15) is 0 Å². The highest BCUT2D eigenvalue weighted by atomic mass is 16.7. The molecule has 1 saturated heterocycles. The standard InChI is InChI=1S/C11H14O2/c1-11(2)8-12-10(13-11)9-6-4-3-5-7-9/h3-7,10H,8H2,1-2H3/t10-/m0/s1. The zero-order valence-electron chi connectivity index (χ0n) is 7.99. The predicted molar refractivity (Wildman–Crippen MR) is 50.3 cm³/mol. The second kappa shape index (κ2) is 3.13. The fourth-order valence-electron chi connectivity index (χ4n) is 1.41. The molecule has 0 spiro atoms. The highest BCUT2D eigenvalue weighted by molar-refractivity contribution is 5.16. The summed E-state index contributed by atoms with van der Waals surface area (Å²) in [6, 6.07) is 10.0. The van der Waals surface area contributed by atoms with Gasteiger partial charge in [-0.3, -0.25) is 0 Å².